The number of benzene rings is 1. The topological polar surface area (TPSA) is 41.0 Å². The zero-order valence-corrected chi connectivity index (χ0v) is 15.0. The Balaban J connectivity index is 2.26. The first-order valence-electron chi connectivity index (χ1n) is 8.48. The third-order valence-corrected chi connectivity index (χ3v) is 3.91. The van der Waals surface area contributed by atoms with Crippen LogP contribution in [0.4, 0.5) is 17.3 Å². The Bertz CT molecular complexity index is 646. The molecule has 0 fully saturated rings. The lowest BCUT2D eigenvalue weighted by molar-refractivity contribution is 0.730. The van der Waals surface area contributed by atoms with Crippen molar-refractivity contribution >= 4 is 17.3 Å². The molecule has 2 aromatic rings. The van der Waals surface area contributed by atoms with Crippen LogP contribution in [-0.4, -0.2) is 23.1 Å². The third kappa shape index (κ3) is 4.68. The van der Waals surface area contributed by atoms with E-state index in [0.29, 0.717) is 0 Å². The molecular weight excluding hydrogens is 284 g/mol. The summed E-state index contributed by atoms with van der Waals surface area (Å²) in [6.07, 6.45) is 2.23. The molecular formula is C19H28N4. The number of nitrogens with zero attached hydrogens (tertiary/aromatic N) is 3. The number of hydrogen-bond donors (Lipinski definition) is 1. The average Bonchev–Trinajstić information content (AvgIpc) is 2.50. The lowest BCUT2D eigenvalue weighted by Gasteiger charge is -2.23. The predicted octanol–water partition coefficient (Wildman–Crippen LogP) is 4.77. The first kappa shape index (κ1) is 17.3. The maximum absolute atomic E-state index is 4.62. The lowest BCUT2D eigenvalue weighted by Crippen LogP contribution is -2.26. The minimum Gasteiger partial charge on any atom is -0.356 e. The molecule has 0 saturated heterocycles. The van der Waals surface area contributed by atoms with E-state index in [1.807, 2.05) is 13.0 Å². The largest absolute Gasteiger partial charge is 0.356 e. The van der Waals surface area contributed by atoms with Crippen LogP contribution in [0.15, 0.2) is 24.3 Å². The van der Waals surface area contributed by atoms with Gasteiger partial charge < -0.3 is 10.2 Å². The molecule has 1 heterocycles. The van der Waals surface area contributed by atoms with Crippen LogP contribution in [0.1, 0.15) is 43.6 Å². The van der Waals surface area contributed by atoms with E-state index >= 15 is 0 Å². The molecule has 1 aromatic heterocycles. The third-order valence-electron chi connectivity index (χ3n) is 3.91. The summed E-state index contributed by atoms with van der Waals surface area (Å²) in [4.78, 5) is 11.5. The van der Waals surface area contributed by atoms with Gasteiger partial charge in [0, 0.05) is 24.8 Å². The summed E-state index contributed by atoms with van der Waals surface area (Å²) in [6.45, 7) is 12.6. The van der Waals surface area contributed by atoms with Gasteiger partial charge in [-0.05, 0) is 56.9 Å². The molecule has 0 aliphatic rings. The van der Waals surface area contributed by atoms with Crippen LogP contribution < -0.4 is 10.2 Å². The van der Waals surface area contributed by atoms with Crippen molar-refractivity contribution in [3.05, 3.63) is 41.2 Å². The quantitative estimate of drug-likeness (QED) is 0.799. The fourth-order valence-electron chi connectivity index (χ4n) is 2.63. The van der Waals surface area contributed by atoms with Crippen molar-refractivity contribution < 1.29 is 0 Å². The van der Waals surface area contributed by atoms with E-state index in [4.69, 9.17) is 0 Å². The average molecular weight is 312 g/mol. The van der Waals surface area contributed by atoms with Crippen molar-refractivity contribution in [1.29, 1.82) is 0 Å². The molecule has 0 spiro atoms. The molecule has 124 valence electrons. The number of rotatable bonds is 7. The Labute approximate surface area is 140 Å². The van der Waals surface area contributed by atoms with Gasteiger partial charge in [-0.25, -0.2) is 9.97 Å². The lowest BCUT2D eigenvalue weighted by atomic mass is 10.1. The van der Waals surface area contributed by atoms with Gasteiger partial charge in [-0.3, -0.25) is 0 Å². The van der Waals surface area contributed by atoms with Gasteiger partial charge >= 0.3 is 0 Å². The van der Waals surface area contributed by atoms with Crippen molar-refractivity contribution in [3.8, 4) is 0 Å². The summed E-state index contributed by atoms with van der Waals surface area (Å²) < 4.78 is 0. The van der Waals surface area contributed by atoms with Gasteiger partial charge in [-0.2, -0.15) is 0 Å². The highest BCUT2D eigenvalue weighted by atomic mass is 15.2. The Hall–Kier alpha value is -2.10. The number of nitrogens with one attached hydrogen (secondary N) is 1. The van der Waals surface area contributed by atoms with Gasteiger partial charge in [0.15, 0.2) is 0 Å². The van der Waals surface area contributed by atoms with Gasteiger partial charge in [0.05, 0.1) is 0 Å². The second-order valence-electron chi connectivity index (χ2n) is 6.07. The van der Waals surface area contributed by atoms with Crippen LogP contribution in [0, 0.1) is 20.8 Å². The van der Waals surface area contributed by atoms with Crippen molar-refractivity contribution in [2.45, 2.75) is 47.5 Å². The van der Waals surface area contributed by atoms with Crippen LogP contribution in [0.2, 0.25) is 0 Å². The fourth-order valence-corrected chi connectivity index (χ4v) is 2.63. The van der Waals surface area contributed by atoms with E-state index in [2.05, 4.69) is 66.1 Å². The summed E-state index contributed by atoms with van der Waals surface area (Å²) in [7, 11) is 0. The molecule has 0 bridgehead atoms. The van der Waals surface area contributed by atoms with Crippen molar-refractivity contribution in [2.75, 3.05) is 23.3 Å². The molecule has 1 N–H and O–H groups in total. The van der Waals surface area contributed by atoms with E-state index in [-0.39, 0.29) is 0 Å². The number of aromatic nitrogens is 2. The molecule has 4 heteroatoms. The van der Waals surface area contributed by atoms with Crippen molar-refractivity contribution in [3.63, 3.8) is 0 Å². The van der Waals surface area contributed by atoms with E-state index in [0.717, 1.165) is 49.1 Å². The van der Waals surface area contributed by atoms with E-state index < -0.39 is 0 Å². The zero-order chi connectivity index (χ0) is 16.8. The Kier molecular flexibility index (Phi) is 5.97. The normalized spacial score (nSPS) is 10.7. The van der Waals surface area contributed by atoms with Crippen LogP contribution in [0.25, 0.3) is 0 Å². The van der Waals surface area contributed by atoms with Gasteiger partial charge in [0.2, 0.25) is 0 Å². The molecule has 2 rings (SSSR count). The second-order valence-corrected chi connectivity index (χ2v) is 6.07. The molecule has 0 atom stereocenters. The maximum Gasteiger partial charge on any atom is 0.136 e. The SMILES string of the molecule is CCCN(CCC)c1cc(Nc2ccc(C)c(C)c2)nc(C)n1. The summed E-state index contributed by atoms with van der Waals surface area (Å²) in [5.41, 5.74) is 3.64. The number of anilines is 3. The first-order chi connectivity index (χ1) is 11.0. The summed E-state index contributed by atoms with van der Waals surface area (Å²) in [6, 6.07) is 8.43. The fraction of sp³-hybridized carbons (Fsp3) is 0.474. The number of hydrogen-bond acceptors (Lipinski definition) is 4. The van der Waals surface area contributed by atoms with Crippen LogP contribution >= 0.6 is 0 Å². The van der Waals surface area contributed by atoms with Crippen molar-refractivity contribution in [2.24, 2.45) is 0 Å². The summed E-state index contributed by atoms with van der Waals surface area (Å²) >= 11 is 0. The van der Waals surface area contributed by atoms with Gasteiger partial charge in [0.1, 0.15) is 17.5 Å². The summed E-state index contributed by atoms with van der Waals surface area (Å²) in [5, 5.41) is 3.41. The Morgan fingerprint density at radius 3 is 2.22 bits per heavy atom. The highest BCUT2D eigenvalue weighted by Gasteiger charge is 2.09. The highest BCUT2D eigenvalue weighted by Crippen LogP contribution is 2.22. The highest BCUT2D eigenvalue weighted by molar-refractivity contribution is 5.61. The molecule has 1 aromatic carbocycles. The molecule has 0 radical (unpaired) electrons. The van der Waals surface area contributed by atoms with E-state index in [1.165, 1.54) is 11.1 Å². The van der Waals surface area contributed by atoms with Crippen molar-refractivity contribution in [1.82, 2.24) is 9.97 Å². The first-order valence-corrected chi connectivity index (χ1v) is 8.48. The Morgan fingerprint density at radius 2 is 1.61 bits per heavy atom. The van der Waals surface area contributed by atoms with Crippen LogP contribution in [0.3, 0.4) is 0 Å². The smallest absolute Gasteiger partial charge is 0.136 e. The molecule has 4 nitrogen and oxygen atoms in total. The predicted molar refractivity (Wildman–Crippen MR) is 98.8 cm³/mol. The van der Waals surface area contributed by atoms with Gasteiger partial charge in [-0.15, -0.1) is 0 Å². The Morgan fingerprint density at radius 1 is 0.913 bits per heavy atom. The number of aryl methyl sites for hydroxylation is 3. The van der Waals surface area contributed by atoms with Gasteiger partial charge in [-0.1, -0.05) is 19.9 Å². The monoisotopic (exact) mass is 312 g/mol. The van der Waals surface area contributed by atoms with E-state index in [1.54, 1.807) is 0 Å². The maximum atomic E-state index is 4.62. The molecule has 0 unspecified atom stereocenters. The van der Waals surface area contributed by atoms with E-state index in [9.17, 15) is 0 Å². The minimum absolute atomic E-state index is 0.797. The molecule has 23 heavy (non-hydrogen) atoms. The second kappa shape index (κ2) is 7.95. The molecule has 0 saturated carbocycles. The minimum atomic E-state index is 0.797. The molecule has 0 amide bonds. The molecule has 0 aliphatic heterocycles. The standard InChI is InChI=1S/C19H28N4/c1-6-10-23(11-7-2)19-13-18(20-16(5)21-19)22-17-9-8-14(3)15(4)12-17/h8-9,12-13H,6-7,10-11H2,1-5H3,(H,20,21,22). The van der Waals surface area contributed by atoms with Crippen LogP contribution in [-0.2, 0) is 0 Å². The zero-order valence-electron chi connectivity index (χ0n) is 15.0. The molecule has 0 aliphatic carbocycles. The summed E-state index contributed by atoms with van der Waals surface area (Å²) in [5.74, 6) is 2.66. The van der Waals surface area contributed by atoms with Gasteiger partial charge in [0.25, 0.3) is 0 Å². The van der Waals surface area contributed by atoms with Crippen LogP contribution in [0.5, 0.6) is 0 Å².